The Morgan fingerprint density at radius 2 is 2.07 bits per heavy atom. The molecule has 0 amide bonds. The van der Waals surface area contributed by atoms with Crippen molar-refractivity contribution in [2.24, 2.45) is 7.05 Å². The van der Waals surface area contributed by atoms with Gasteiger partial charge in [-0.3, -0.25) is 10.1 Å². The van der Waals surface area contributed by atoms with Crippen LogP contribution in [0.1, 0.15) is 0 Å². The highest BCUT2D eigenvalue weighted by atomic mass is 35.5. The molecule has 0 aliphatic heterocycles. The van der Waals surface area contributed by atoms with Gasteiger partial charge in [-0.2, -0.15) is 0 Å². The Bertz CT molecular complexity index is 514. The molecule has 0 N–H and O–H groups in total. The van der Waals surface area contributed by atoms with Gasteiger partial charge in [0.15, 0.2) is 12.4 Å². The fourth-order valence-electron chi connectivity index (χ4n) is 1.48. The van der Waals surface area contributed by atoms with Crippen LogP contribution in [0.3, 0.4) is 0 Å². The van der Waals surface area contributed by atoms with Gasteiger partial charge in [-0.1, -0.05) is 6.07 Å². The van der Waals surface area contributed by atoms with Crippen molar-refractivity contribution < 1.29 is 21.9 Å². The normalized spacial score (nSPS) is 9.67. The lowest BCUT2D eigenvalue weighted by Crippen LogP contribution is -3.00. The lowest BCUT2D eigenvalue weighted by Gasteiger charge is -1.96. The zero-order valence-corrected chi connectivity index (χ0v) is 8.81. The first-order valence-corrected chi connectivity index (χ1v) is 4.21. The summed E-state index contributed by atoms with van der Waals surface area (Å²) in [5.41, 5.74) is 0.156. The van der Waals surface area contributed by atoms with Crippen LogP contribution in [0.5, 0.6) is 0 Å². The van der Waals surface area contributed by atoms with Gasteiger partial charge in [0.25, 0.3) is 5.69 Å². The van der Waals surface area contributed by atoms with Crippen molar-refractivity contribution in [3.8, 4) is 0 Å². The van der Waals surface area contributed by atoms with Crippen LogP contribution in [0.4, 0.5) is 5.69 Å². The third kappa shape index (κ3) is 2.05. The van der Waals surface area contributed by atoms with Gasteiger partial charge in [-0.25, -0.2) is 4.57 Å². The van der Waals surface area contributed by atoms with E-state index in [2.05, 4.69) is 0 Å². The number of nitrogens with zero attached hydrogens (tertiary/aromatic N) is 2. The summed E-state index contributed by atoms with van der Waals surface area (Å²) in [5, 5.41) is 12.3. The molecule has 0 saturated carbocycles. The van der Waals surface area contributed by atoms with Gasteiger partial charge in [0.05, 0.1) is 15.7 Å². The number of fused-ring (bicyclic) bond motifs is 1. The summed E-state index contributed by atoms with van der Waals surface area (Å²) in [6.07, 6.45) is 3.66. The molecular formula is C10H9ClN2O2. The summed E-state index contributed by atoms with van der Waals surface area (Å²) in [6.45, 7) is 0. The van der Waals surface area contributed by atoms with E-state index in [0.29, 0.717) is 5.39 Å². The number of pyridine rings is 1. The van der Waals surface area contributed by atoms with Crippen molar-refractivity contribution in [1.29, 1.82) is 0 Å². The van der Waals surface area contributed by atoms with Crippen LogP contribution >= 0.6 is 0 Å². The van der Waals surface area contributed by atoms with Crippen LogP contribution < -0.4 is 17.0 Å². The average Bonchev–Trinajstić information content (AvgIpc) is 2.16. The molecule has 0 unspecified atom stereocenters. The Labute approximate surface area is 92.7 Å². The van der Waals surface area contributed by atoms with Gasteiger partial charge in [-0.15, -0.1) is 0 Å². The standard InChI is InChI=1S/C10H9N2O2.ClH/c1-11-6-5-9-8(7-11)3-2-4-10(9)12(13)14;/h2-7H,1H3;1H/q+1;/p-1. The van der Waals surface area contributed by atoms with E-state index in [1.807, 2.05) is 23.9 Å². The van der Waals surface area contributed by atoms with E-state index >= 15 is 0 Å². The van der Waals surface area contributed by atoms with Crippen LogP contribution in [0.15, 0.2) is 36.7 Å². The van der Waals surface area contributed by atoms with E-state index in [4.69, 9.17) is 0 Å². The molecule has 1 aromatic heterocycles. The number of nitro groups is 1. The first-order chi connectivity index (χ1) is 6.68. The Morgan fingerprint density at radius 3 is 2.73 bits per heavy atom. The fraction of sp³-hybridized carbons (Fsp3) is 0.100. The summed E-state index contributed by atoms with van der Waals surface area (Å²) in [6, 6.07) is 6.83. The minimum atomic E-state index is -0.359. The molecule has 0 atom stereocenters. The third-order valence-electron chi connectivity index (χ3n) is 2.13. The zero-order chi connectivity index (χ0) is 10.1. The van der Waals surface area contributed by atoms with E-state index in [0.717, 1.165) is 5.39 Å². The maximum Gasteiger partial charge on any atom is 0.277 e. The minimum absolute atomic E-state index is 0. The van der Waals surface area contributed by atoms with E-state index in [9.17, 15) is 10.1 Å². The van der Waals surface area contributed by atoms with Crippen molar-refractivity contribution in [3.63, 3.8) is 0 Å². The molecule has 5 heteroatoms. The van der Waals surface area contributed by atoms with Crippen LogP contribution in [-0.4, -0.2) is 4.92 Å². The Kier molecular flexibility index (Phi) is 3.21. The highest BCUT2D eigenvalue weighted by Crippen LogP contribution is 2.23. The van der Waals surface area contributed by atoms with Crippen LogP contribution in [0, 0.1) is 10.1 Å². The highest BCUT2D eigenvalue weighted by Gasteiger charge is 2.12. The number of non-ortho nitro benzene ring substituents is 1. The molecule has 15 heavy (non-hydrogen) atoms. The van der Waals surface area contributed by atoms with Gasteiger partial charge in [0.1, 0.15) is 7.05 Å². The molecule has 2 rings (SSSR count). The second kappa shape index (κ2) is 4.23. The number of aromatic nitrogens is 1. The predicted octanol–water partition coefficient (Wildman–Crippen LogP) is -1.42. The quantitative estimate of drug-likeness (QED) is 0.339. The molecule has 0 aliphatic carbocycles. The van der Waals surface area contributed by atoms with Gasteiger partial charge in [-0.05, 0) is 6.07 Å². The second-order valence-electron chi connectivity index (χ2n) is 3.15. The summed E-state index contributed by atoms with van der Waals surface area (Å²) >= 11 is 0. The van der Waals surface area contributed by atoms with Crippen LogP contribution in [-0.2, 0) is 7.05 Å². The van der Waals surface area contributed by atoms with Gasteiger partial charge >= 0.3 is 0 Å². The van der Waals surface area contributed by atoms with E-state index in [1.165, 1.54) is 6.07 Å². The van der Waals surface area contributed by atoms with E-state index in [1.54, 1.807) is 18.3 Å². The molecule has 4 nitrogen and oxygen atoms in total. The number of halogens is 1. The average molecular weight is 225 g/mol. The largest absolute Gasteiger partial charge is 1.00 e. The maximum atomic E-state index is 10.7. The third-order valence-corrected chi connectivity index (χ3v) is 2.13. The number of nitro benzene ring substituents is 1. The topological polar surface area (TPSA) is 47.0 Å². The summed E-state index contributed by atoms with van der Waals surface area (Å²) in [4.78, 5) is 10.3. The molecule has 1 aromatic carbocycles. The van der Waals surface area contributed by atoms with E-state index < -0.39 is 0 Å². The molecular weight excluding hydrogens is 216 g/mol. The smallest absolute Gasteiger partial charge is 0.277 e. The molecule has 0 radical (unpaired) electrons. The Balaban J connectivity index is 0.00000112. The number of benzene rings is 1. The fourth-order valence-corrected chi connectivity index (χ4v) is 1.48. The lowest BCUT2D eigenvalue weighted by atomic mass is 10.1. The molecule has 1 heterocycles. The van der Waals surface area contributed by atoms with Crippen LogP contribution in [0.2, 0.25) is 0 Å². The first kappa shape index (κ1) is 11.4. The van der Waals surface area contributed by atoms with Crippen molar-refractivity contribution in [2.75, 3.05) is 0 Å². The minimum Gasteiger partial charge on any atom is -1.00 e. The van der Waals surface area contributed by atoms with Crippen molar-refractivity contribution in [2.45, 2.75) is 0 Å². The maximum absolute atomic E-state index is 10.7. The Hall–Kier alpha value is -1.68. The lowest BCUT2D eigenvalue weighted by molar-refractivity contribution is -0.670. The molecule has 2 aromatic rings. The number of hydrogen-bond acceptors (Lipinski definition) is 2. The monoisotopic (exact) mass is 224 g/mol. The molecule has 0 saturated heterocycles. The zero-order valence-electron chi connectivity index (χ0n) is 8.05. The van der Waals surface area contributed by atoms with Crippen molar-refractivity contribution in [1.82, 2.24) is 0 Å². The highest BCUT2D eigenvalue weighted by molar-refractivity contribution is 5.89. The molecule has 0 fully saturated rings. The molecule has 0 spiro atoms. The second-order valence-corrected chi connectivity index (χ2v) is 3.15. The first-order valence-electron chi connectivity index (χ1n) is 4.21. The molecule has 0 aliphatic rings. The Morgan fingerprint density at radius 1 is 1.33 bits per heavy atom. The summed E-state index contributed by atoms with van der Waals surface area (Å²) in [7, 11) is 1.89. The SMILES string of the molecule is C[n+]1ccc2c([N+](=O)[O-])cccc2c1.[Cl-]. The summed E-state index contributed by atoms with van der Waals surface area (Å²) in [5.74, 6) is 0. The molecule has 0 bridgehead atoms. The number of hydrogen-bond donors (Lipinski definition) is 0. The van der Waals surface area contributed by atoms with Crippen molar-refractivity contribution in [3.05, 3.63) is 46.8 Å². The summed E-state index contributed by atoms with van der Waals surface area (Å²) < 4.78 is 1.87. The van der Waals surface area contributed by atoms with Gasteiger partial charge in [0, 0.05) is 12.1 Å². The molecule has 78 valence electrons. The van der Waals surface area contributed by atoms with E-state index in [-0.39, 0.29) is 23.0 Å². The number of aryl methyl sites for hydroxylation is 1. The van der Waals surface area contributed by atoms with Gasteiger partial charge < -0.3 is 12.4 Å². The van der Waals surface area contributed by atoms with Crippen LogP contribution in [0.25, 0.3) is 10.8 Å². The van der Waals surface area contributed by atoms with Gasteiger partial charge in [0.2, 0.25) is 0 Å². The predicted molar refractivity (Wildman–Crippen MR) is 51.8 cm³/mol. The number of rotatable bonds is 1. The van der Waals surface area contributed by atoms with Crippen molar-refractivity contribution >= 4 is 16.5 Å².